The van der Waals surface area contributed by atoms with Crippen molar-refractivity contribution in [2.75, 3.05) is 18.0 Å². The molecule has 0 fully saturated rings. The van der Waals surface area contributed by atoms with Crippen LogP contribution in [0.15, 0.2) is 41.1 Å². The first-order valence-electron chi connectivity index (χ1n) is 6.52. The molecule has 0 aliphatic carbocycles. The van der Waals surface area contributed by atoms with Gasteiger partial charge in [-0.25, -0.2) is 0 Å². The molecule has 0 spiro atoms. The van der Waals surface area contributed by atoms with Gasteiger partial charge < -0.3 is 10.2 Å². The fraction of sp³-hybridized carbons (Fsp3) is 0.214. The van der Waals surface area contributed by atoms with Crippen molar-refractivity contribution in [3.05, 3.63) is 56.8 Å². The number of para-hydroxylation sites is 1. The quantitative estimate of drug-likeness (QED) is 0.667. The third-order valence-electron chi connectivity index (χ3n) is 3.43. The maximum absolute atomic E-state index is 11.3. The van der Waals surface area contributed by atoms with Crippen LogP contribution in [-0.2, 0) is 6.54 Å². The Hall–Kier alpha value is -1.99. The van der Waals surface area contributed by atoms with E-state index in [0.29, 0.717) is 16.7 Å². The second-order valence-electron chi connectivity index (χ2n) is 4.70. The molecule has 2 aromatic rings. The summed E-state index contributed by atoms with van der Waals surface area (Å²) in [5, 5.41) is 14.6. The number of anilines is 2. The van der Waals surface area contributed by atoms with Gasteiger partial charge >= 0.3 is 5.69 Å². The Bertz CT molecular complexity index is 692. The predicted octanol–water partition coefficient (Wildman–Crippen LogP) is 2.99. The number of aromatic nitrogens is 1. The highest BCUT2D eigenvalue weighted by Gasteiger charge is 2.26. The van der Waals surface area contributed by atoms with Gasteiger partial charge in [-0.3, -0.25) is 15.1 Å². The lowest BCUT2D eigenvalue weighted by atomic mass is 10.1. The van der Waals surface area contributed by atoms with Crippen LogP contribution in [0.3, 0.4) is 0 Å². The predicted molar refractivity (Wildman–Crippen MR) is 83.7 cm³/mol. The van der Waals surface area contributed by atoms with Crippen LogP contribution in [0, 0.1) is 10.1 Å². The maximum Gasteiger partial charge on any atom is 0.312 e. The van der Waals surface area contributed by atoms with Crippen LogP contribution >= 0.6 is 15.9 Å². The summed E-state index contributed by atoms with van der Waals surface area (Å²) < 4.78 is 0.619. The van der Waals surface area contributed by atoms with E-state index in [9.17, 15) is 10.1 Å². The number of halogens is 1. The third kappa shape index (κ3) is 2.62. The highest BCUT2D eigenvalue weighted by atomic mass is 79.9. The lowest BCUT2D eigenvalue weighted by Crippen LogP contribution is -2.25. The molecule has 1 aromatic heterocycles. The molecule has 2 heterocycles. The van der Waals surface area contributed by atoms with Gasteiger partial charge in [0.25, 0.3) is 0 Å². The SMILES string of the molecule is O=[N+]([O-])c1cncc(Br)c1N1CCNCc2ccccc21. The van der Waals surface area contributed by atoms with Crippen molar-refractivity contribution in [1.82, 2.24) is 10.3 Å². The van der Waals surface area contributed by atoms with Gasteiger partial charge in [0.1, 0.15) is 11.9 Å². The summed E-state index contributed by atoms with van der Waals surface area (Å²) in [6.45, 7) is 2.16. The number of rotatable bonds is 2. The molecule has 1 aliphatic heterocycles. The second-order valence-corrected chi connectivity index (χ2v) is 5.56. The van der Waals surface area contributed by atoms with Gasteiger partial charge in [-0.15, -0.1) is 0 Å². The zero-order chi connectivity index (χ0) is 14.8. The summed E-state index contributed by atoms with van der Waals surface area (Å²) in [4.78, 5) is 16.8. The van der Waals surface area contributed by atoms with Crippen LogP contribution in [0.25, 0.3) is 0 Å². The smallest absolute Gasteiger partial charge is 0.312 e. The van der Waals surface area contributed by atoms with Gasteiger partial charge in [0, 0.05) is 31.5 Å². The van der Waals surface area contributed by atoms with Crippen LogP contribution in [0.1, 0.15) is 5.56 Å². The van der Waals surface area contributed by atoms with Crippen molar-refractivity contribution in [3.8, 4) is 0 Å². The standard InChI is InChI=1S/C14H13BrN4O2/c15-11-8-17-9-13(19(20)21)14(11)18-6-5-16-7-10-3-1-2-4-12(10)18/h1-4,8-9,16H,5-7H2. The van der Waals surface area contributed by atoms with Gasteiger partial charge in [-0.05, 0) is 27.6 Å². The number of nitrogens with zero attached hydrogens (tertiary/aromatic N) is 3. The number of hydrogen-bond donors (Lipinski definition) is 1. The number of benzene rings is 1. The topological polar surface area (TPSA) is 71.3 Å². The molecule has 0 radical (unpaired) electrons. The van der Waals surface area contributed by atoms with Crippen molar-refractivity contribution >= 4 is 33.0 Å². The zero-order valence-electron chi connectivity index (χ0n) is 11.1. The second kappa shape index (κ2) is 5.79. The summed E-state index contributed by atoms with van der Waals surface area (Å²) in [5.74, 6) is 0. The zero-order valence-corrected chi connectivity index (χ0v) is 12.7. The molecule has 0 atom stereocenters. The maximum atomic E-state index is 11.3. The number of pyridine rings is 1. The molecule has 0 amide bonds. The normalized spacial score (nSPS) is 14.4. The summed E-state index contributed by atoms with van der Waals surface area (Å²) in [6.07, 6.45) is 2.88. The van der Waals surface area contributed by atoms with Gasteiger partial charge in [-0.1, -0.05) is 18.2 Å². The van der Waals surface area contributed by atoms with Crippen molar-refractivity contribution in [3.63, 3.8) is 0 Å². The highest BCUT2D eigenvalue weighted by molar-refractivity contribution is 9.10. The van der Waals surface area contributed by atoms with Gasteiger partial charge in [-0.2, -0.15) is 0 Å². The van der Waals surface area contributed by atoms with Gasteiger partial charge in [0.05, 0.1) is 9.40 Å². The van der Waals surface area contributed by atoms with Crippen LogP contribution in [0.4, 0.5) is 17.1 Å². The van der Waals surface area contributed by atoms with Crippen molar-refractivity contribution in [2.45, 2.75) is 6.54 Å². The largest absolute Gasteiger partial charge is 0.333 e. The average molecular weight is 349 g/mol. The molecule has 3 rings (SSSR count). The first-order chi connectivity index (χ1) is 10.2. The number of nitrogens with one attached hydrogen (secondary N) is 1. The van der Waals surface area contributed by atoms with E-state index in [1.807, 2.05) is 29.2 Å². The van der Waals surface area contributed by atoms with E-state index < -0.39 is 4.92 Å². The van der Waals surface area contributed by atoms with Crippen LogP contribution in [-0.4, -0.2) is 23.0 Å². The monoisotopic (exact) mass is 348 g/mol. The van der Waals surface area contributed by atoms with Crippen LogP contribution < -0.4 is 10.2 Å². The van der Waals surface area contributed by atoms with Crippen molar-refractivity contribution < 1.29 is 4.92 Å². The Morgan fingerprint density at radius 3 is 2.95 bits per heavy atom. The fourth-order valence-corrected chi connectivity index (χ4v) is 3.04. The Morgan fingerprint density at radius 1 is 1.33 bits per heavy atom. The highest BCUT2D eigenvalue weighted by Crippen LogP contribution is 2.40. The Balaban J connectivity index is 2.19. The van der Waals surface area contributed by atoms with E-state index in [-0.39, 0.29) is 5.69 Å². The van der Waals surface area contributed by atoms with E-state index >= 15 is 0 Å². The average Bonchev–Trinajstić information content (AvgIpc) is 2.69. The number of fused-ring (bicyclic) bond motifs is 1. The lowest BCUT2D eigenvalue weighted by Gasteiger charge is -2.25. The van der Waals surface area contributed by atoms with Crippen LogP contribution in [0.2, 0.25) is 0 Å². The van der Waals surface area contributed by atoms with E-state index in [0.717, 1.165) is 24.3 Å². The van der Waals surface area contributed by atoms with E-state index in [1.54, 1.807) is 6.20 Å². The van der Waals surface area contributed by atoms with E-state index in [2.05, 4.69) is 26.2 Å². The Morgan fingerprint density at radius 2 is 2.14 bits per heavy atom. The molecule has 6 nitrogen and oxygen atoms in total. The first kappa shape index (κ1) is 14.0. The molecular formula is C14H13BrN4O2. The number of nitro groups is 1. The van der Waals surface area contributed by atoms with E-state index in [4.69, 9.17) is 0 Å². The molecular weight excluding hydrogens is 336 g/mol. The van der Waals surface area contributed by atoms with Gasteiger partial charge in [0.15, 0.2) is 0 Å². The first-order valence-corrected chi connectivity index (χ1v) is 7.32. The fourth-order valence-electron chi connectivity index (χ4n) is 2.51. The summed E-state index contributed by atoms with van der Waals surface area (Å²) in [7, 11) is 0. The summed E-state index contributed by atoms with van der Waals surface area (Å²) >= 11 is 3.40. The minimum atomic E-state index is -0.395. The van der Waals surface area contributed by atoms with Crippen LogP contribution in [0.5, 0.6) is 0 Å². The lowest BCUT2D eigenvalue weighted by molar-refractivity contribution is -0.384. The van der Waals surface area contributed by atoms with Crippen molar-refractivity contribution in [1.29, 1.82) is 0 Å². The molecule has 0 saturated heterocycles. The Kier molecular flexibility index (Phi) is 3.85. The Labute approximate surface area is 130 Å². The minimum absolute atomic E-state index is 0.000998. The molecule has 1 aromatic carbocycles. The summed E-state index contributed by atoms with van der Waals surface area (Å²) in [6, 6.07) is 7.93. The molecule has 21 heavy (non-hydrogen) atoms. The van der Waals surface area contributed by atoms with Crippen molar-refractivity contribution in [2.24, 2.45) is 0 Å². The minimum Gasteiger partial charge on any atom is -0.333 e. The molecule has 0 unspecified atom stereocenters. The molecule has 7 heteroatoms. The number of hydrogen-bond acceptors (Lipinski definition) is 5. The molecule has 0 bridgehead atoms. The molecule has 0 saturated carbocycles. The van der Waals surface area contributed by atoms with E-state index in [1.165, 1.54) is 6.20 Å². The third-order valence-corrected chi connectivity index (χ3v) is 4.01. The van der Waals surface area contributed by atoms with Gasteiger partial charge in [0.2, 0.25) is 0 Å². The molecule has 1 N–H and O–H groups in total. The molecule has 108 valence electrons. The summed E-state index contributed by atoms with van der Waals surface area (Å²) in [5.41, 5.74) is 2.65. The molecule has 1 aliphatic rings.